The van der Waals surface area contributed by atoms with Gasteiger partial charge in [0.15, 0.2) is 0 Å². The van der Waals surface area contributed by atoms with Crippen molar-refractivity contribution < 1.29 is 19.2 Å². The first kappa shape index (κ1) is 20.2. The Morgan fingerprint density at radius 3 is 2.30 bits per heavy atom. The second-order valence-corrected chi connectivity index (χ2v) is 9.94. The van der Waals surface area contributed by atoms with Crippen LogP contribution in [0.2, 0.25) is 0 Å². The zero-order valence-corrected chi connectivity index (χ0v) is 17.6. The van der Waals surface area contributed by atoms with Gasteiger partial charge in [-0.25, -0.2) is 4.79 Å². The fourth-order valence-corrected chi connectivity index (χ4v) is 3.89. The maximum atomic E-state index is 11.6. The fourth-order valence-electron chi connectivity index (χ4n) is 3.89. The smallest absolute Gasteiger partial charge is 0.465 e. The molecule has 3 rings (SSSR count). The molecule has 1 unspecified atom stereocenters. The van der Waals surface area contributed by atoms with Crippen LogP contribution in [0.5, 0.6) is 0 Å². The molecule has 1 aromatic rings. The van der Waals surface area contributed by atoms with Crippen molar-refractivity contribution in [2.45, 2.75) is 72.0 Å². The van der Waals surface area contributed by atoms with Gasteiger partial charge in [-0.15, -0.1) is 0 Å². The monoisotopic (exact) mass is 373 g/mol. The van der Waals surface area contributed by atoms with E-state index in [4.69, 9.17) is 9.31 Å². The molecule has 148 valence electrons. The molecule has 2 heterocycles. The third-order valence-electron chi connectivity index (χ3n) is 6.44. The zero-order valence-electron chi connectivity index (χ0n) is 17.6. The molecular weight excluding hydrogens is 341 g/mol. The van der Waals surface area contributed by atoms with Crippen molar-refractivity contribution in [2.24, 2.45) is 5.41 Å². The predicted octanol–water partition coefficient (Wildman–Crippen LogP) is 3.65. The van der Waals surface area contributed by atoms with E-state index in [9.17, 15) is 9.90 Å². The Bertz CT molecular complexity index is 722. The van der Waals surface area contributed by atoms with E-state index >= 15 is 0 Å². The number of carbonyl (C=O) groups is 1. The molecule has 1 saturated heterocycles. The van der Waals surface area contributed by atoms with Crippen molar-refractivity contribution in [3.8, 4) is 0 Å². The maximum Gasteiger partial charge on any atom is 0.494 e. The van der Waals surface area contributed by atoms with E-state index in [0.717, 1.165) is 5.46 Å². The van der Waals surface area contributed by atoms with Gasteiger partial charge in [-0.2, -0.15) is 0 Å². The van der Waals surface area contributed by atoms with Crippen LogP contribution in [0.4, 0.5) is 4.79 Å². The average molecular weight is 373 g/mol. The van der Waals surface area contributed by atoms with Crippen molar-refractivity contribution in [2.75, 3.05) is 13.1 Å². The molecule has 0 bridgehead atoms. The number of rotatable bonds is 1. The van der Waals surface area contributed by atoms with E-state index in [1.54, 1.807) is 4.90 Å². The van der Waals surface area contributed by atoms with Crippen LogP contribution in [0.25, 0.3) is 0 Å². The summed E-state index contributed by atoms with van der Waals surface area (Å²) in [5, 5.41) is 9.55. The first-order valence-corrected chi connectivity index (χ1v) is 9.78. The summed E-state index contributed by atoms with van der Waals surface area (Å²) in [4.78, 5) is 13.2. The number of benzene rings is 1. The number of amides is 1. The van der Waals surface area contributed by atoms with Crippen molar-refractivity contribution in [3.05, 3.63) is 29.3 Å². The highest BCUT2D eigenvalue weighted by molar-refractivity contribution is 6.62. The molecular formula is C21H32BNO4. The van der Waals surface area contributed by atoms with Gasteiger partial charge in [0.25, 0.3) is 0 Å². The Morgan fingerprint density at radius 2 is 1.78 bits per heavy atom. The Kier molecular flexibility index (Phi) is 4.88. The molecule has 2 aliphatic rings. The number of carboxylic acid groups (broad SMARTS) is 1. The Morgan fingerprint density at radius 1 is 1.19 bits per heavy atom. The van der Waals surface area contributed by atoms with Gasteiger partial charge in [0.1, 0.15) is 0 Å². The van der Waals surface area contributed by atoms with Crippen LogP contribution in [-0.2, 0) is 15.7 Å². The topological polar surface area (TPSA) is 59.0 Å². The summed E-state index contributed by atoms with van der Waals surface area (Å²) in [7, 11) is -0.396. The molecule has 0 saturated carbocycles. The highest BCUT2D eigenvalue weighted by Gasteiger charge is 2.51. The van der Waals surface area contributed by atoms with E-state index < -0.39 is 13.2 Å². The molecule has 1 atom stereocenters. The summed E-state index contributed by atoms with van der Waals surface area (Å²) in [6.07, 6.45) is -0.134. The molecule has 1 aromatic carbocycles. The molecule has 0 spiro atoms. The van der Waals surface area contributed by atoms with Crippen molar-refractivity contribution >= 4 is 18.7 Å². The van der Waals surface area contributed by atoms with E-state index in [1.807, 2.05) is 0 Å². The molecule has 27 heavy (non-hydrogen) atoms. The van der Waals surface area contributed by atoms with Gasteiger partial charge in [-0.05, 0) is 56.1 Å². The van der Waals surface area contributed by atoms with Gasteiger partial charge in [0.05, 0.1) is 11.2 Å². The minimum Gasteiger partial charge on any atom is -0.465 e. The summed E-state index contributed by atoms with van der Waals surface area (Å²) in [6.45, 7) is 15.8. The second kappa shape index (κ2) is 6.52. The number of nitrogens with zero attached hydrogens (tertiary/aromatic N) is 1. The summed E-state index contributed by atoms with van der Waals surface area (Å²) >= 11 is 0. The number of fused-ring (bicyclic) bond motifs is 1. The lowest BCUT2D eigenvalue weighted by Gasteiger charge is -2.33. The standard InChI is InChI=1S/C21H32BNO4/c1-19(2,3)17-13-23(18(24)25)11-10-14-12-15(8-9-16(14)17)22-26-20(4,5)21(6,7)27-22/h8-9,12,17H,10-11,13H2,1-7H3,(H,24,25). The summed E-state index contributed by atoms with van der Waals surface area (Å²) < 4.78 is 12.4. The van der Waals surface area contributed by atoms with Crippen LogP contribution in [0.3, 0.4) is 0 Å². The van der Waals surface area contributed by atoms with E-state index in [-0.39, 0.29) is 22.5 Å². The minimum atomic E-state index is -0.844. The van der Waals surface area contributed by atoms with Gasteiger partial charge < -0.3 is 19.3 Å². The first-order valence-electron chi connectivity index (χ1n) is 9.78. The lowest BCUT2D eigenvalue weighted by molar-refractivity contribution is 0.00578. The minimum absolute atomic E-state index is 0.0291. The van der Waals surface area contributed by atoms with E-state index in [2.05, 4.69) is 66.7 Å². The lowest BCUT2D eigenvalue weighted by atomic mass is 9.72. The zero-order chi connectivity index (χ0) is 20.2. The van der Waals surface area contributed by atoms with E-state index in [0.29, 0.717) is 19.5 Å². The van der Waals surface area contributed by atoms with Crippen LogP contribution < -0.4 is 5.46 Å². The molecule has 1 N–H and O–H groups in total. The van der Waals surface area contributed by atoms with Gasteiger partial charge in [0.2, 0.25) is 0 Å². The quantitative estimate of drug-likeness (QED) is 0.764. The summed E-state index contributed by atoms with van der Waals surface area (Å²) in [5.41, 5.74) is 2.66. The second-order valence-electron chi connectivity index (χ2n) is 9.94. The molecule has 6 heteroatoms. The summed E-state index contributed by atoms with van der Waals surface area (Å²) in [5.74, 6) is 0.151. The Labute approximate surface area is 163 Å². The van der Waals surface area contributed by atoms with Gasteiger partial charge >= 0.3 is 13.2 Å². The SMILES string of the molecule is CC(C)(C)C1CN(C(=O)O)CCc2cc(B3OC(C)(C)C(C)(C)O3)ccc21. The van der Waals surface area contributed by atoms with Crippen molar-refractivity contribution in [1.82, 2.24) is 4.90 Å². The first-order chi connectivity index (χ1) is 12.3. The molecule has 0 aromatic heterocycles. The van der Waals surface area contributed by atoms with Crippen LogP contribution >= 0.6 is 0 Å². The third-order valence-corrected chi connectivity index (χ3v) is 6.44. The Hall–Kier alpha value is -1.53. The summed E-state index contributed by atoms with van der Waals surface area (Å²) in [6, 6.07) is 6.38. The van der Waals surface area contributed by atoms with Crippen LogP contribution in [0.1, 0.15) is 65.5 Å². The van der Waals surface area contributed by atoms with Crippen LogP contribution in [0, 0.1) is 5.41 Å². The van der Waals surface area contributed by atoms with Crippen LogP contribution in [-0.4, -0.2) is 47.5 Å². The molecule has 1 amide bonds. The van der Waals surface area contributed by atoms with Gasteiger partial charge in [-0.3, -0.25) is 0 Å². The number of hydrogen-bond donors (Lipinski definition) is 1. The Balaban J connectivity index is 1.96. The van der Waals surface area contributed by atoms with Gasteiger partial charge in [-0.1, -0.05) is 39.0 Å². The highest BCUT2D eigenvalue weighted by Crippen LogP contribution is 2.40. The molecule has 2 aliphatic heterocycles. The van der Waals surface area contributed by atoms with E-state index in [1.165, 1.54) is 11.1 Å². The van der Waals surface area contributed by atoms with Crippen molar-refractivity contribution in [3.63, 3.8) is 0 Å². The third kappa shape index (κ3) is 3.74. The molecule has 1 fully saturated rings. The molecule has 0 radical (unpaired) electrons. The normalized spacial score (nSPS) is 24.5. The number of hydrogen-bond acceptors (Lipinski definition) is 3. The lowest BCUT2D eigenvalue weighted by Crippen LogP contribution is -2.41. The fraction of sp³-hybridized carbons (Fsp3) is 0.667. The van der Waals surface area contributed by atoms with Crippen molar-refractivity contribution in [1.29, 1.82) is 0 Å². The maximum absolute atomic E-state index is 11.6. The largest absolute Gasteiger partial charge is 0.494 e. The van der Waals surface area contributed by atoms with Crippen LogP contribution in [0.15, 0.2) is 18.2 Å². The highest BCUT2D eigenvalue weighted by atomic mass is 16.7. The average Bonchev–Trinajstić information content (AvgIpc) is 2.68. The molecule has 0 aliphatic carbocycles. The van der Waals surface area contributed by atoms with Gasteiger partial charge in [0, 0.05) is 19.0 Å². The predicted molar refractivity (Wildman–Crippen MR) is 108 cm³/mol. The molecule has 5 nitrogen and oxygen atoms in total.